The SMILES string of the molecule is COc1c(F)cc(Nc2ncccc2[N+](=O)[O-])cc1F. The third-order valence-electron chi connectivity index (χ3n) is 2.45. The van der Waals surface area contributed by atoms with Gasteiger partial charge in [-0.3, -0.25) is 10.1 Å². The van der Waals surface area contributed by atoms with Gasteiger partial charge < -0.3 is 10.1 Å². The quantitative estimate of drug-likeness (QED) is 0.688. The van der Waals surface area contributed by atoms with E-state index in [1.165, 1.54) is 18.3 Å². The second-order valence-corrected chi connectivity index (χ2v) is 3.73. The van der Waals surface area contributed by atoms with Crippen LogP contribution in [-0.4, -0.2) is 17.0 Å². The Balaban J connectivity index is 2.38. The average Bonchev–Trinajstić information content (AvgIpc) is 2.38. The van der Waals surface area contributed by atoms with E-state index in [1.807, 2.05) is 0 Å². The zero-order chi connectivity index (χ0) is 14.7. The minimum absolute atomic E-state index is 0.0115. The Labute approximate surface area is 112 Å². The molecule has 1 N–H and O–H groups in total. The Kier molecular flexibility index (Phi) is 3.74. The van der Waals surface area contributed by atoms with E-state index < -0.39 is 22.3 Å². The average molecular weight is 281 g/mol. The largest absolute Gasteiger partial charge is 0.491 e. The van der Waals surface area contributed by atoms with E-state index >= 15 is 0 Å². The summed E-state index contributed by atoms with van der Waals surface area (Å²) >= 11 is 0. The number of hydrogen-bond donors (Lipinski definition) is 1. The zero-order valence-corrected chi connectivity index (χ0v) is 10.3. The van der Waals surface area contributed by atoms with Crippen LogP contribution in [0.2, 0.25) is 0 Å². The maximum absolute atomic E-state index is 13.5. The molecule has 0 amide bonds. The number of pyridine rings is 1. The van der Waals surface area contributed by atoms with Crippen molar-refractivity contribution in [2.45, 2.75) is 0 Å². The summed E-state index contributed by atoms with van der Waals surface area (Å²) in [7, 11) is 1.14. The van der Waals surface area contributed by atoms with Crippen molar-refractivity contribution in [2.75, 3.05) is 12.4 Å². The third kappa shape index (κ3) is 2.63. The molecule has 0 aliphatic rings. The van der Waals surface area contributed by atoms with Gasteiger partial charge in [-0.15, -0.1) is 0 Å². The molecule has 0 spiro atoms. The number of benzene rings is 1. The van der Waals surface area contributed by atoms with Crippen LogP contribution in [0.15, 0.2) is 30.5 Å². The molecule has 0 aliphatic carbocycles. The molecule has 0 saturated carbocycles. The molecule has 20 heavy (non-hydrogen) atoms. The Morgan fingerprint density at radius 2 is 2.00 bits per heavy atom. The number of anilines is 2. The van der Waals surface area contributed by atoms with Crippen LogP contribution in [0, 0.1) is 21.7 Å². The summed E-state index contributed by atoms with van der Waals surface area (Å²) in [6.07, 6.45) is 1.32. The van der Waals surface area contributed by atoms with Crippen LogP contribution < -0.4 is 10.1 Å². The number of methoxy groups -OCH3 is 1. The highest BCUT2D eigenvalue weighted by Gasteiger charge is 2.16. The molecule has 2 aromatic rings. The second-order valence-electron chi connectivity index (χ2n) is 3.73. The normalized spacial score (nSPS) is 10.2. The summed E-state index contributed by atoms with van der Waals surface area (Å²) in [5.41, 5.74) is -0.313. The van der Waals surface area contributed by atoms with Crippen LogP contribution in [0.25, 0.3) is 0 Å². The molecule has 1 heterocycles. The number of nitrogens with zero attached hydrogens (tertiary/aromatic N) is 2. The molecule has 2 rings (SSSR count). The Bertz CT molecular complexity index is 641. The molecular formula is C12H9F2N3O3. The van der Waals surface area contributed by atoms with Gasteiger partial charge in [0, 0.05) is 30.1 Å². The fourth-order valence-electron chi connectivity index (χ4n) is 1.60. The molecule has 0 bridgehead atoms. The molecular weight excluding hydrogens is 272 g/mol. The van der Waals surface area contributed by atoms with Gasteiger partial charge in [0.25, 0.3) is 0 Å². The van der Waals surface area contributed by atoms with Crippen LogP contribution >= 0.6 is 0 Å². The van der Waals surface area contributed by atoms with E-state index in [2.05, 4.69) is 15.0 Å². The molecule has 104 valence electrons. The molecule has 0 unspecified atom stereocenters. The van der Waals surface area contributed by atoms with Crippen molar-refractivity contribution in [1.82, 2.24) is 4.98 Å². The van der Waals surface area contributed by atoms with E-state index in [-0.39, 0.29) is 17.2 Å². The first-order valence-corrected chi connectivity index (χ1v) is 5.42. The van der Waals surface area contributed by atoms with E-state index in [9.17, 15) is 18.9 Å². The number of halogens is 2. The second kappa shape index (κ2) is 5.47. The maximum Gasteiger partial charge on any atom is 0.311 e. The van der Waals surface area contributed by atoms with Gasteiger partial charge in [-0.05, 0) is 6.07 Å². The lowest BCUT2D eigenvalue weighted by Crippen LogP contribution is -2.01. The molecule has 0 saturated heterocycles. The number of hydrogen-bond acceptors (Lipinski definition) is 5. The summed E-state index contributed by atoms with van der Waals surface area (Å²) in [6.45, 7) is 0. The Morgan fingerprint density at radius 3 is 2.55 bits per heavy atom. The lowest BCUT2D eigenvalue weighted by molar-refractivity contribution is -0.384. The van der Waals surface area contributed by atoms with Crippen molar-refractivity contribution < 1.29 is 18.4 Å². The smallest absolute Gasteiger partial charge is 0.311 e. The van der Waals surface area contributed by atoms with E-state index in [4.69, 9.17) is 0 Å². The van der Waals surface area contributed by atoms with Crippen molar-refractivity contribution in [3.8, 4) is 5.75 Å². The topological polar surface area (TPSA) is 77.3 Å². The van der Waals surface area contributed by atoms with Gasteiger partial charge in [0.2, 0.25) is 5.82 Å². The van der Waals surface area contributed by atoms with Gasteiger partial charge in [0.15, 0.2) is 17.4 Å². The number of rotatable bonds is 4. The number of nitrogens with one attached hydrogen (secondary N) is 1. The fourth-order valence-corrected chi connectivity index (χ4v) is 1.60. The van der Waals surface area contributed by atoms with Crippen molar-refractivity contribution in [3.63, 3.8) is 0 Å². The third-order valence-corrected chi connectivity index (χ3v) is 2.45. The van der Waals surface area contributed by atoms with Crippen molar-refractivity contribution in [2.24, 2.45) is 0 Å². The minimum atomic E-state index is -0.923. The van der Waals surface area contributed by atoms with Gasteiger partial charge in [-0.1, -0.05) is 0 Å². The summed E-state index contributed by atoms with van der Waals surface area (Å²) in [5.74, 6) is -2.48. The van der Waals surface area contributed by atoms with Crippen molar-refractivity contribution in [3.05, 3.63) is 52.2 Å². The van der Waals surface area contributed by atoms with Crippen LogP contribution in [0.5, 0.6) is 5.75 Å². The van der Waals surface area contributed by atoms with Gasteiger partial charge in [0.1, 0.15) is 0 Å². The Morgan fingerprint density at radius 1 is 1.35 bits per heavy atom. The van der Waals surface area contributed by atoms with Crippen LogP contribution in [-0.2, 0) is 0 Å². The monoisotopic (exact) mass is 281 g/mol. The summed E-state index contributed by atoms with van der Waals surface area (Å²) in [4.78, 5) is 13.9. The van der Waals surface area contributed by atoms with Crippen molar-refractivity contribution in [1.29, 1.82) is 0 Å². The van der Waals surface area contributed by atoms with Crippen LogP contribution in [0.1, 0.15) is 0 Å². The predicted molar refractivity (Wildman–Crippen MR) is 67.1 cm³/mol. The highest BCUT2D eigenvalue weighted by molar-refractivity contribution is 5.65. The first-order valence-electron chi connectivity index (χ1n) is 5.42. The summed E-state index contributed by atoms with van der Waals surface area (Å²) in [5, 5.41) is 13.3. The van der Waals surface area contributed by atoms with Gasteiger partial charge in [-0.2, -0.15) is 0 Å². The molecule has 1 aromatic heterocycles. The lowest BCUT2D eigenvalue weighted by Gasteiger charge is -2.09. The van der Waals surface area contributed by atoms with Gasteiger partial charge in [0.05, 0.1) is 12.0 Å². The predicted octanol–water partition coefficient (Wildman–Crippen LogP) is 3.02. The molecule has 0 radical (unpaired) electrons. The number of nitro groups is 1. The molecule has 0 fully saturated rings. The lowest BCUT2D eigenvalue weighted by atomic mass is 10.2. The molecule has 6 nitrogen and oxygen atoms in total. The molecule has 0 atom stereocenters. The van der Waals surface area contributed by atoms with E-state index in [1.54, 1.807) is 0 Å². The summed E-state index contributed by atoms with van der Waals surface area (Å²) in [6, 6.07) is 4.53. The molecule has 8 heteroatoms. The minimum Gasteiger partial charge on any atom is -0.491 e. The summed E-state index contributed by atoms with van der Waals surface area (Å²) < 4.78 is 31.6. The van der Waals surface area contributed by atoms with Crippen LogP contribution in [0.4, 0.5) is 26.0 Å². The van der Waals surface area contributed by atoms with Crippen LogP contribution in [0.3, 0.4) is 0 Å². The van der Waals surface area contributed by atoms with Gasteiger partial charge >= 0.3 is 5.69 Å². The van der Waals surface area contributed by atoms with Crippen molar-refractivity contribution >= 4 is 17.2 Å². The van der Waals surface area contributed by atoms with Gasteiger partial charge in [-0.25, -0.2) is 13.8 Å². The fraction of sp³-hybridized carbons (Fsp3) is 0.0833. The zero-order valence-electron chi connectivity index (χ0n) is 10.3. The van der Waals surface area contributed by atoms with E-state index in [0.29, 0.717) is 0 Å². The number of aromatic nitrogens is 1. The standard InChI is InChI=1S/C12H9F2N3O3/c1-20-11-8(13)5-7(6-9(11)14)16-12-10(17(18)19)3-2-4-15-12/h2-6H,1H3,(H,15,16). The Hall–Kier alpha value is -2.77. The number of ether oxygens (including phenoxy) is 1. The highest BCUT2D eigenvalue weighted by atomic mass is 19.1. The highest BCUT2D eigenvalue weighted by Crippen LogP contribution is 2.29. The first-order chi connectivity index (χ1) is 9.52. The molecule has 0 aliphatic heterocycles. The first kappa shape index (κ1) is 13.7. The maximum atomic E-state index is 13.5. The van der Waals surface area contributed by atoms with E-state index in [0.717, 1.165) is 19.2 Å². The molecule has 1 aromatic carbocycles.